The Morgan fingerprint density at radius 3 is 2.72 bits per heavy atom. The highest BCUT2D eigenvalue weighted by Gasteiger charge is 2.14. The number of nitrogens with one attached hydrogen (secondary N) is 1. The molecule has 0 saturated heterocycles. The van der Waals surface area contributed by atoms with Gasteiger partial charge in [0.15, 0.2) is 0 Å². The number of hydrogen-bond donors (Lipinski definition) is 1. The number of carbonyl (C=O) groups is 1. The van der Waals surface area contributed by atoms with E-state index in [0.29, 0.717) is 17.1 Å². The fourth-order valence-electron chi connectivity index (χ4n) is 3.07. The number of carbonyl (C=O) groups excluding carboxylic acids is 1. The van der Waals surface area contributed by atoms with Crippen molar-refractivity contribution >= 4 is 40.4 Å². The summed E-state index contributed by atoms with van der Waals surface area (Å²) in [5.74, 6) is 0.480. The van der Waals surface area contributed by atoms with E-state index in [9.17, 15) is 4.79 Å². The van der Waals surface area contributed by atoms with Crippen LogP contribution in [0.5, 0.6) is 0 Å². The van der Waals surface area contributed by atoms with Crippen molar-refractivity contribution in [3.63, 3.8) is 0 Å². The number of fused-ring (bicyclic) bond motifs is 1. The molecule has 1 N–H and O–H groups in total. The van der Waals surface area contributed by atoms with Gasteiger partial charge in [0.05, 0.1) is 30.6 Å². The van der Waals surface area contributed by atoms with Gasteiger partial charge in [-0.05, 0) is 30.7 Å². The molecule has 1 aromatic carbocycles. The van der Waals surface area contributed by atoms with Gasteiger partial charge < -0.3 is 10.1 Å². The van der Waals surface area contributed by atoms with E-state index in [1.807, 2.05) is 40.1 Å². The summed E-state index contributed by atoms with van der Waals surface area (Å²) in [6, 6.07) is 11.2. The molecule has 0 fully saturated rings. The molecule has 0 radical (unpaired) electrons. The molecule has 8 heteroatoms. The SMILES string of the molecule is CCc1nc2ccc(C(=O)OC)cn2c1NCc1nc(-c2ccc(Cl)cc2)cs1. The summed E-state index contributed by atoms with van der Waals surface area (Å²) >= 11 is 7.55. The first kappa shape index (κ1) is 19.4. The first-order chi connectivity index (χ1) is 14.1. The van der Waals surface area contributed by atoms with E-state index >= 15 is 0 Å². The van der Waals surface area contributed by atoms with Crippen LogP contribution >= 0.6 is 22.9 Å². The highest BCUT2D eigenvalue weighted by atomic mass is 35.5. The van der Waals surface area contributed by atoms with Gasteiger partial charge in [-0.1, -0.05) is 30.7 Å². The van der Waals surface area contributed by atoms with Crippen molar-refractivity contribution in [2.75, 3.05) is 12.4 Å². The highest BCUT2D eigenvalue weighted by Crippen LogP contribution is 2.25. The number of imidazole rings is 1. The third-order valence-electron chi connectivity index (χ3n) is 4.55. The molecule has 0 amide bonds. The molecule has 148 valence electrons. The molecule has 4 aromatic rings. The standard InChI is InChI=1S/C21H19ClN4O2S/c1-3-16-20(26-11-14(21(27)28-2)6-9-18(26)24-16)23-10-19-25-17(12-29-19)13-4-7-15(22)8-5-13/h4-9,11-12,23H,3,10H2,1-2H3. The van der Waals surface area contributed by atoms with Gasteiger partial charge >= 0.3 is 5.97 Å². The molecule has 3 heterocycles. The average Bonchev–Trinajstić information content (AvgIpc) is 3.36. The number of hydrogen-bond acceptors (Lipinski definition) is 6. The number of esters is 1. The number of aryl methyl sites for hydroxylation is 1. The van der Waals surface area contributed by atoms with E-state index in [2.05, 4.69) is 17.2 Å². The van der Waals surface area contributed by atoms with Crippen LogP contribution in [0.2, 0.25) is 5.02 Å². The number of thiazole rings is 1. The Bertz CT molecular complexity index is 1170. The van der Waals surface area contributed by atoms with Gasteiger partial charge in [-0.2, -0.15) is 0 Å². The smallest absolute Gasteiger partial charge is 0.339 e. The van der Waals surface area contributed by atoms with E-state index in [0.717, 1.165) is 39.8 Å². The van der Waals surface area contributed by atoms with Crippen LogP contribution < -0.4 is 5.32 Å². The van der Waals surface area contributed by atoms with Gasteiger partial charge in [0.25, 0.3) is 0 Å². The second-order valence-electron chi connectivity index (χ2n) is 6.39. The van der Waals surface area contributed by atoms with Crippen molar-refractivity contribution in [2.24, 2.45) is 0 Å². The van der Waals surface area contributed by atoms with Crippen molar-refractivity contribution in [3.05, 3.63) is 69.3 Å². The fourth-order valence-corrected chi connectivity index (χ4v) is 3.94. The Hall–Kier alpha value is -2.90. The molecule has 0 spiro atoms. The molecular weight excluding hydrogens is 408 g/mol. The molecule has 0 aliphatic heterocycles. The van der Waals surface area contributed by atoms with Crippen molar-refractivity contribution in [2.45, 2.75) is 19.9 Å². The summed E-state index contributed by atoms with van der Waals surface area (Å²) in [6.07, 6.45) is 2.52. The first-order valence-electron chi connectivity index (χ1n) is 9.12. The zero-order valence-electron chi connectivity index (χ0n) is 16.0. The Morgan fingerprint density at radius 1 is 1.21 bits per heavy atom. The number of benzene rings is 1. The lowest BCUT2D eigenvalue weighted by molar-refractivity contribution is 0.0600. The van der Waals surface area contributed by atoms with Gasteiger partial charge in [0, 0.05) is 22.2 Å². The minimum Gasteiger partial charge on any atom is -0.465 e. The van der Waals surface area contributed by atoms with Crippen LogP contribution in [0.15, 0.2) is 48.0 Å². The predicted molar refractivity (Wildman–Crippen MR) is 116 cm³/mol. The van der Waals surface area contributed by atoms with E-state index in [1.54, 1.807) is 23.6 Å². The molecule has 0 aliphatic rings. The first-order valence-corrected chi connectivity index (χ1v) is 10.4. The molecule has 3 aromatic heterocycles. The summed E-state index contributed by atoms with van der Waals surface area (Å²) in [5, 5.41) is 7.13. The number of rotatable bonds is 6. The largest absolute Gasteiger partial charge is 0.465 e. The van der Waals surface area contributed by atoms with Crippen molar-refractivity contribution in [1.82, 2.24) is 14.4 Å². The molecule has 4 rings (SSSR count). The van der Waals surface area contributed by atoms with Crippen molar-refractivity contribution in [3.8, 4) is 11.3 Å². The second-order valence-corrected chi connectivity index (χ2v) is 7.76. The summed E-state index contributed by atoms with van der Waals surface area (Å²) in [4.78, 5) is 21.3. The van der Waals surface area contributed by atoms with E-state index in [4.69, 9.17) is 21.3 Å². The van der Waals surface area contributed by atoms with Crippen LogP contribution in [0, 0.1) is 0 Å². The minimum atomic E-state index is -0.378. The zero-order valence-corrected chi connectivity index (χ0v) is 17.5. The topological polar surface area (TPSA) is 68.5 Å². The molecule has 0 aliphatic carbocycles. The molecule has 0 unspecified atom stereocenters. The van der Waals surface area contributed by atoms with Crippen LogP contribution in [0.1, 0.15) is 28.0 Å². The van der Waals surface area contributed by atoms with Crippen LogP contribution in [0.25, 0.3) is 16.9 Å². The van der Waals surface area contributed by atoms with Crippen LogP contribution in [0.4, 0.5) is 5.82 Å². The average molecular weight is 427 g/mol. The summed E-state index contributed by atoms with van der Waals surface area (Å²) in [6.45, 7) is 2.61. The number of nitrogens with zero attached hydrogens (tertiary/aromatic N) is 3. The fraction of sp³-hybridized carbons (Fsp3) is 0.190. The Labute approximate surface area is 177 Å². The molecular formula is C21H19ClN4O2S. The van der Waals surface area contributed by atoms with E-state index < -0.39 is 0 Å². The maximum atomic E-state index is 11.9. The zero-order chi connectivity index (χ0) is 20.4. The van der Waals surface area contributed by atoms with Crippen molar-refractivity contribution < 1.29 is 9.53 Å². The normalized spacial score (nSPS) is 11.0. The second kappa shape index (κ2) is 8.23. The van der Waals surface area contributed by atoms with Crippen molar-refractivity contribution in [1.29, 1.82) is 0 Å². The lowest BCUT2D eigenvalue weighted by Gasteiger charge is -2.07. The molecule has 29 heavy (non-hydrogen) atoms. The molecule has 0 saturated carbocycles. The van der Waals surface area contributed by atoms with Gasteiger partial charge in [0.2, 0.25) is 0 Å². The number of methoxy groups -OCH3 is 1. The maximum Gasteiger partial charge on any atom is 0.339 e. The lowest BCUT2D eigenvalue weighted by Crippen LogP contribution is -2.06. The van der Waals surface area contributed by atoms with Gasteiger partial charge in [-0.3, -0.25) is 4.40 Å². The van der Waals surface area contributed by atoms with Crippen LogP contribution in [-0.4, -0.2) is 27.4 Å². The third kappa shape index (κ3) is 3.97. The number of halogens is 1. The number of ether oxygens (including phenoxy) is 1. The van der Waals surface area contributed by atoms with Crippen LogP contribution in [-0.2, 0) is 17.7 Å². The van der Waals surface area contributed by atoms with E-state index in [-0.39, 0.29) is 5.97 Å². The number of anilines is 1. The van der Waals surface area contributed by atoms with Gasteiger partial charge in [-0.25, -0.2) is 14.8 Å². The number of pyridine rings is 1. The predicted octanol–water partition coefficient (Wildman–Crippen LogP) is 5.07. The Balaban J connectivity index is 1.59. The quantitative estimate of drug-likeness (QED) is 0.436. The monoisotopic (exact) mass is 426 g/mol. The number of aromatic nitrogens is 3. The van der Waals surface area contributed by atoms with E-state index in [1.165, 1.54) is 7.11 Å². The Morgan fingerprint density at radius 2 is 2.00 bits per heavy atom. The third-order valence-corrected chi connectivity index (χ3v) is 5.65. The Kier molecular flexibility index (Phi) is 5.51. The van der Waals surface area contributed by atoms with Gasteiger partial charge in [-0.15, -0.1) is 11.3 Å². The summed E-state index contributed by atoms with van der Waals surface area (Å²) < 4.78 is 6.72. The summed E-state index contributed by atoms with van der Waals surface area (Å²) in [7, 11) is 1.37. The molecule has 6 nitrogen and oxygen atoms in total. The highest BCUT2D eigenvalue weighted by molar-refractivity contribution is 7.10. The van der Waals surface area contributed by atoms with Crippen LogP contribution in [0.3, 0.4) is 0 Å². The summed E-state index contributed by atoms with van der Waals surface area (Å²) in [5.41, 5.74) is 4.14. The molecule has 0 atom stereocenters. The minimum absolute atomic E-state index is 0.378. The maximum absolute atomic E-state index is 11.9. The van der Waals surface area contributed by atoms with Gasteiger partial charge in [0.1, 0.15) is 16.5 Å². The molecule has 0 bridgehead atoms. The lowest BCUT2D eigenvalue weighted by atomic mass is 10.2.